The van der Waals surface area contributed by atoms with E-state index in [9.17, 15) is 14.4 Å². The third-order valence-electron chi connectivity index (χ3n) is 2.00. The van der Waals surface area contributed by atoms with Crippen molar-refractivity contribution in [2.75, 3.05) is 6.61 Å². The molecule has 1 unspecified atom stereocenters. The van der Waals surface area contributed by atoms with Crippen molar-refractivity contribution in [3.63, 3.8) is 0 Å². The summed E-state index contributed by atoms with van der Waals surface area (Å²) in [4.78, 5) is 34.3. The highest BCUT2D eigenvalue weighted by molar-refractivity contribution is 7.18. The molecule has 0 radical (unpaired) electrons. The molecule has 1 atom stereocenters. The summed E-state index contributed by atoms with van der Waals surface area (Å²) in [6.07, 6.45) is -1.51. The number of halogens is 1. The fourth-order valence-electron chi connectivity index (χ4n) is 1.18. The molecule has 0 saturated heterocycles. The third-order valence-corrected chi connectivity index (χ3v) is 3.24. The molecule has 0 aromatic carbocycles. The topological polar surface area (TPSA) is 95.7 Å². The van der Waals surface area contributed by atoms with E-state index < -0.39 is 30.4 Å². The van der Waals surface area contributed by atoms with E-state index in [0.717, 1.165) is 11.3 Å². The molecule has 0 amide bonds. The minimum atomic E-state index is -1.11. The molecule has 2 N–H and O–H groups in total. The number of esters is 1. The largest absolute Gasteiger partial charge is 0.516 e. The Balaban J connectivity index is 2.50. The Hall–Kier alpha value is -1.44. The molecular weight excluding hydrogens is 294 g/mol. The smallest absolute Gasteiger partial charge is 0.434 e. The zero-order valence-electron chi connectivity index (χ0n) is 10.1. The number of ketones is 1. The molecule has 1 aromatic rings. The van der Waals surface area contributed by atoms with Gasteiger partial charge < -0.3 is 15.2 Å². The van der Waals surface area contributed by atoms with Crippen LogP contribution in [-0.2, 0) is 14.3 Å². The van der Waals surface area contributed by atoms with Gasteiger partial charge >= 0.3 is 12.1 Å². The van der Waals surface area contributed by atoms with E-state index in [4.69, 9.17) is 17.3 Å². The standard InChI is InChI=1S/C11H12ClNO5S/c1-2-17-11(16)18-9(14)5-6(13)10(15)7-3-4-8(12)19-7/h3-4,6H,2,5,13H2,1H3. The summed E-state index contributed by atoms with van der Waals surface area (Å²) in [5.41, 5.74) is 5.57. The molecule has 6 nitrogen and oxygen atoms in total. The third kappa shape index (κ3) is 4.98. The molecule has 104 valence electrons. The predicted molar refractivity (Wildman–Crippen MR) is 69.4 cm³/mol. The van der Waals surface area contributed by atoms with Gasteiger partial charge in [0.2, 0.25) is 0 Å². The molecule has 0 bridgehead atoms. The quantitative estimate of drug-likeness (QED) is 0.508. The zero-order chi connectivity index (χ0) is 14.4. The first-order chi connectivity index (χ1) is 8.93. The van der Waals surface area contributed by atoms with Crippen molar-refractivity contribution >= 4 is 40.8 Å². The van der Waals surface area contributed by atoms with E-state index >= 15 is 0 Å². The van der Waals surface area contributed by atoms with Crippen LogP contribution >= 0.6 is 22.9 Å². The van der Waals surface area contributed by atoms with Crippen molar-refractivity contribution in [2.24, 2.45) is 5.73 Å². The lowest BCUT2D eigenvalue weighted by atomic mass is 10.1. The number of carbonyl (C=O) groups excluding carboxylic acids is 3. The minimum absolute atomic E-state index is 0.0881. The van der Waals surface area contributed by atoms with Crippen LogP contribution in [0.1, 0.15) is 23.0 Å². The lowest BCUT2D eigenvalue weighted by Gasteiger charge is -2.08. The van der Waals surface area contributed by atoms with Crippen LogP contribution in [0.25, 0.3) is 0 Å². The molecule has 1 rings (SSSR count). The monoisotopic (exact) mass is 305 g/mol. The van der Waals surface area contributed by atoms with Crippen molar-refractivity contribution in [3.8, 4) is 0 Å². The van der Waals surface area contributed by atoms with Crippen molar-refractivity contribution in [1.29, 1.82) is 0 Å². The van der Waals surface area contributed by atoms with Gasteiger partial charge in [0.15, 0.2) is 5.78 Å². The minimum Gasteiger partial charge on any atom is -0.434 e. The summed E-state index contributed by atoms with van der Waals surface area (Å²) in [6.45, 7) is 1.66. The average molecular weight is 306 g/mol. The normalized spacial score (nSPS) is 11.7. The fraction of sp³-hybridized carbons (Fsp3) is 0.364. The number of hydrogen-bond acceptors (Lipinski definition) is 7. The van der Waals surface area contributed by atoms with Gasteiger partial charge in [-0.3, -0.25) is 9.59 Å². The first kappa shape index (κ1) is 15.6. The highest BCUT2D eigenvalue weighted by atomic mass is 35.5. The first-order valence-electron chi connectivity index (χ1n) is 5.36. The molecule has 0 aliphatic rings. The Labute approximate surface area is 118 Å². The summed E-state index contributed by atoms with van der Waals surface area (Å²) in [6, 6.07) is 1.99. The summed E-state index contributed by atoms with van der Waals surface area (Å²) < 4.78 is 9.17. The van der Waals surface area contributed by atoms with E-state index in [1.165, 1.54) is 6.07 Å². The number of hydrogen-bond donors (Lipinski definition) is 1. The summed E-state index contributed by atoms with van der Waals surface area (Å²) in [5, 5.41) is 0. The van der Waals surface area contributed by atoms with Crippen LogP contribution in [0.5, 0.6) is 0 Å². The van der Waals surface area contributed by atoms with Gasteiger partial charge in [-0.2, -0.15) is 0 Å². The highest BCUT2D eigenvalue weighted by Crippen LogP contribution is 2.22. The highest BCUT2D eigenvalue weighted by Gasteiger charge is 2.23. The van der Waals surface area contributed by atoms with Crippen LogP contribution in [0, 0.1) is 0 Å². The fourth-order valence-corrected chi connectivity index (χ4v) is 2.23. The van der Waals surface area contributed by atoms with Gasteiger partial charge in [-0.25, -0.2) is 4.79 Å². The van der Waals surface area contributed by atoms with Gasteiger partial charge in [-0.1, -0.05) is 11.6 Å². The maximum Gasteiger partial charge on any atom is 0.516 e. The second-order valence-electron chi connectivity index (χ2n) is 3.44. The molecule has 0 spiro atoms. The molecule has 19 heavy (non-hydrogen) atoms. The number of carbonyl (C=O) groups is 3. The van der Waals surface area contributed by atoms with E-state index in [2.05, 4.69) is 9.47 Å². The van der Waals surface area contributed by atoms with Crippen molar-refractivity contribution in [2.45, 2.75) is 19.4 Å². The van der Waals surface area contributed by atoms with Crippen LogP contribution < -0.4 is 5.73 Å². The van der Waals surface area contributed by atoms with Gasteiger partial charge in [-0.05, 0) is 19.1 Å². The molecule has 0 aliphatic carbocycles. The van der Waals surface area contributed by atoms with E-state index in [1.54, 1.807) is 13.0 Å². The molecule has 0 fully saturated rings. The molecule has 1 aromatic heterocycles. The molecule has 0 aliphatic heterocycles. The average Bonchev–Trinajstić information content (AvgIpc) is 2.74. The van der Waals surface area contributed by atoms with E-state index in [-0.39, 0.29) is 6.61 Å². The van der Waals surface area contributed by atoms with Gasteiger partial charge in [0.1, 0.15) is 0 Å². The van der Waals surface area contributed by atoms with Gasteiger partial charge in [0.05, 0.1) is 28.3 Å². The Bertz CT molecular complexity index is 487. The van der Waals surface area contributed by atoms with Crippen LogP contribution in [0.4, 0.5) is 4.79 Å². The van der Waals surface area contributed by atoms with Crippen LogP contribution in [0.2, 0.25) is 4.34 Å². The van der Waals surface area contributed by atoms with Crippen molar-refractivity contribution in [3.05, 3.63) is 21.3 Å². The molecule has 8 heteroatoms. The van der Waals surface area contributed by atoms with Gasteiger partial charge in [0.25, 0.3) is 0 Å². The van der Waals surface area contributed by atoms with Crippen molar-refractivity contribution < 1.29 is 23.9 Å². The maximum atomic E-state index is 11.8. The number of nitrogens with two attached hydrogens (primary N) is 1. The summed E-state index contributed by atoms with van der Waals surface area (Å²) in [7, 11) is 0. The Morgan fingerprint density at radius 1 is 1.42 bits per heavy atom. The van der Waals surface area contributed by atoms with E-state index in [0.29, 0.717) is 9.21 Å². The second kappa shape index (κ2) is 7.22. The van der Waals surface area contributed by atoms with Crippen LogP contribution in [0.15, 0.2) is 12.1 Å². The summed E-state index contributed by atoms with van der Waals surface area (Å²) in [5.74, 6) is -1.35. The lowest BCUT2D eigenvalue weighted by molar-refractivity contribution is -0.139. The Morgan fingerprint density at radius 2 is 2.11 bits per heavy atom. The lowest BCUT2D eigenvalue weighted by Crippen LogP contribution is -2.33. The summed E-state index contributed by atoms with van der Waals surface area (Å²) >= 11 is 6.76. The van der Waals surface area contributed by atoms with Gasteiger partial charge in [-0.15, -0.1) is 11.3 Å². The van der Waals surface area contributed by atoms with Gasteiger partial charge in [0, 0.05) is 0 Å². The maximum absolute atomic E-state index is 11.8. The zero-order valence-corrected chi connectivity index (χ0v) is 11.6. The van der Waals surface area contributed by atoms with Crippen molar-refractivity contribution in [1.82, 2.24) is 0 Å². The Morgan fingerprint density at radius 3 is 2.63 bits per heavy atom. The molecule has 1 heterocycles. The van der Waals surface area contributed by atoms with E-state index in [1.807, 2.05) is 0 Å². The number of thiophene rings is 1. The predicted octanol–water partition coefficient (Wildman–Crippen LogP) is 2.00. The Kier molecular flexibility index (Phi) is 5.94. The molecular formula is C11H12ClNO5S. The first-order valence-corrected chi connectivity index (χ1v) is 6.56. The number of rotatable bonds is 5. The number of ether oxygens (including phenoxy) is 2. The molecule has 0 saturated carbocycles. The second-order valence-corrected chi connectivity index (χ2v) is 5.15. The number of Topliss-reactive ketones (excluding diaryl/α,β-unsaturated/α-hetero) is 1. The SMILES string of the molecule is CCOC(=O)OC(=O)CC(N)C(=O)c1ccc(Cl)s1. The van der Waals surface area contributed by atoms with Crippen LogP contribution in [0.3, 0.4) is 0 Å². The van der Waals surface area contributed by atoms with Crippen LogP contribution in [-0.4, -0.2) is 30.6 Å².